The minimum atomic E-state index is -0.349. The first-order valence-electron chi connectivity index (χ1n) is 6.99. The molecule has 0 spiro atoms. The minimum Gasteiger partial charge on any atom is -0.465 e. The molecule has 0 radical (unpaired) electrons. The van der Waals surface area contributed by atoms with Crippen LogP contribution in [0, 0.1) is 0 Å². The van der Waals surface area contributed by atoms with Crippen LogP contribution in [0.5, 0.6) is 0 Å². The molecule has 0 aliphatic rings. The lowest BCUT2D eigenvalue weighted by atomic mass is 10.1. The van der Waals surface area contributed by atoms with Gasteiger partial charge in [-0.1, -0.05) is 6.92 Å². The normalized spacial score (nSPS) is 10.1. The number of hydrogen-bond donors (Lipinski definition) is 0. The van der Waals surface area contributed by atoms with Crippen LogP contribution in [0.1, 0.15) is 32.3 Å². The number of rotatable bonds is 8. The van der Waals surface area contributed by atoms with Crippen molar-refractivity contribution in [2.24, 2.45) is 0 Å². The number of aromatic nitrogens is 1. The molecule has 1 amide bonds. The summed E-state index contributed by atoms with van der Waals surface area (Å²) in [5.41, 5.74) is 1.07. The number of nitrogens with zero attached hydrogens (tertiary/aromatic N) is 2. The Morgan fingerprint density at radius 1 is 1.25 bits per heavy atom. The van der Waals surface area contributed by atoms with Gasteiger partial charge in [0.1, 0.15) is 6.54 Å². The summed E-state index contributed by atoms with van der Waals surface area (Å²) in [5.74, 6) is -0.366. The van der Waals surface area contributed by atoms with Crippen LogP contribution in [0.3, 0.4) is 0 Å². The van der Waals surface area contributed by atoms with Crippen LogP contribution in [0.4, 0.5) is 0 Å². The summed E-state index contributed by atoms with van der Waals surface area (Å²) in [6.45, 7) is 4.69. The number of amides is 1. The van der Waals surface area contributed by atoms with Crippen molar-refractivity contribution in [1.29, 1.82) is 0 Å². The highest BCUT2D eigenvalue weighted by molar-refractivity contribution is 5.82. The topological polar surface area (TPSA) is 59.5 Å². The van der Waals surface area contributed by atoms with Crippen molar-refractivity contribution < 1.29 is 14.3 Å². The van der Waals surface area contributed by atoms with E-state index in [0.717, 1.165) is 12.0 Å². The molecule has 0 N–H and O–H groups in total. The van der Waals surface area contributed by atoms with E-state index in [9.17, 15) is 9.59 Å². The highest BCUT2D eigenvalue weighted by Crippen LogP contribution is 2.05. The largest absolute Gasteiger partial charge is 0.465 e. The zero-order valence-electron chi connectivity index (χ0n) is 12.2. The van der Waals surface area contributed by atoms with Gasteiger partial charge in [0.2, 0.25) is 5.91 Å². The van der Waals surface area contributed by atoms with Gasteiger partial charge >= 0.3 is 5.97 Å². The molecule has 5 heteroatoms. The maximum atomic E-state index is 12.1. The maximum absolute atomic E-state index is 12.1. The van der Waals surface area contributed by atoms with Crippen molar-refractivity contribution in [2.75, 3.05) is 19.7 Å². The third-order valence-electron chi connectivity index (χ3n) is 2.85. The summed E-state index contributed by atoms with van der Waals surface area (Å²) in [4.78, 5) is 29.1. The van der Waals surface area contributed by atoms with Gasteiger partial charge in [0.15, 0.2) is 0 Å². The van der Waals surface area contributed by atoms with Crippen LogP contribution in [-0.4, -0.2) is 41.5 Å². The van der Waals surface area contributed by atoms with E-state index in [2.05, 4.69) is 4.98 Å². The van der Waals surface area contributed by atoms with Crippen LogP contribution >= 0.6 is 0 Å². The molecule has 110 valence electrons. The molecule has 1 aromatic heterocycles. The van der Waals surface area contributed by atoms with Crippen molar-refractivity contribution in [1.82, 2.24) is 9.88 Å². The van der Waals surface area contributed by atoms with Gasteiger partial charge in [-0.2, -0.15) is 0 Å². The molecule has 1 aromatic rings. The Morgan fingerprint density at radius 3 is 2.55 bits per heavy atom. The van der Waals surface area contributed by atoms with E-state index < -0.39 is 0 Å². The highest BCUT2D eigenvalue weighted by atomic mass is 16.5. The molecule has 1 heterocycles. The number of pyridine rings is 1. The van der Waals surface area contributed by atoms with Crippen LogP contribution in [0.15, 0.2) is 24.5 Å². The number of esters is 1. The van der Waals surface area contributed by atoms with Crippen molar-refractivity contribution in [2.45, 2.75) is 33.1 Å². The minimum absolute atomic E-state index is 0.0169. The van der Waals surface area contributed by atoms with Crippen molar-refractivity contribution in [3.63, 3.8) is 0 Å². The van der Waals surface area contributed by atoms with Crippen LogP contribution in [0.25, 0.3) is 0 Å². The quantitative estimate of drug-likeness (QED) is 0.681. The monoisotopic (exact) mass is 278 g/mol. The van der Waals surface area contributed by atoms with E-state index in [4.69, 9.17) is 4.74 Å². The summed E-state index contributed by atoms with van der Waals surface area (Å²) >= 11 is 0. The lowest BCUT2D eigenvalue weighted by Gasteiger charge is -2.21. The molecule has 0 saturated heterocycles. The molecule has 0 unspecified atom stereocenters. The van der Waals surface area contributed by atoms with Crippen molar-refractivity contribution >= 4 is 11.9 Å². The summed E-state index contributed by atoms with van der Waals surface area (Å²) in [7, 11) is 0. The first-order valence-corrected chi connectivity index (χ1v) is 6.99. The van der Waals surface area contributed by atoms with Crippen LogP contribution in [0.2, 0.25) is 0 Å². The van der Waals surface area contributed by atoms with Gasteiger partial charge < -0.3 is 9.64 Å². The maximum Gasteiger partial charge on any atom is 0.325 e. The third-order valence-corrected chi connectivity index (χ3v) is 2.85. The molecule has 20 heavy (non-hydrogen) atoms. The number of carbonyl (C=O) groups is 2. The molecule has 0 fully saturated rings. The molecule has 0 aromatic carbocycles. The molecule has 0 atom stereocenters. The van der Waals surface area contributed by atoms with E-state index >= 15 is 0 Å². The molecule has 1 rings (SSSR count). The average Bonchev–Trinajstić information content (AvgIpc) is 2.45. The second-order valence-electron chi connectivity index (χ2n) is 4.48. The fourth-order valence-electron chi connectivity index (χ4n) is 1.88. The summed E-state index contributed by atoms with van der Waals surface area (Å²) in [6.07, 6.45) is 5.29. The van der Waals surface area contributed by atoms with Crippen LogP contribution in [-0.2, 0) is 20.7 Å². The molecule has 5 nitrogen and oxygen atoms in total. The molecular formula is C15H22N2O3. The molecular weight excluding hydrogens is 256 g/mol. The Kier molecular flexibility index (Phi) is 7.32. The SMILES string of the molecule is CCCN(CC(=O)OCC)C(=O)CCc1ccncc1. The van der Waals surface area contributed by atoms with E-state index in [1.807, 2.05) is 19.1 Å². The lowest BCUT2D eigenvalue weighted by molar-refractivity contribution is -0.149. The predicted octanol–water partition coefficient (Wildman–Crippen LogP) is 1.82. The molecule has 0 bridgehead atoms. The first kappa shape index (κ1) is 16.1. The fraction of sp³-hybridized carbons (Fsp3) is 0.533. The van der Waals surface area contributed by atoms with Gasteiger partial charge in [-0.15, -0.1) is 0 Å². The predicted molar refractivity (Wildman–Crippen MR) is 76.1 cm³/mol. The lowest BCUT2D eigenvalue weighted by Crippen LogP contribution is -2.37. The summed E-state index contributed by atoms with van der Waals surface area (Å²) in [5, 5.41) is 0. The smallest absolute Gasteiger partial charge is 0.325 e. The van der Waals surface area contributed by atoms with Crippen molar-refractivity contribution in [3.05, 3.63) is 30.1 Å². The molecule has 0 aliphatic heterocycles. The fourth-order valence-corrected chi connectivity index (χ4v) is 1.88. The van der Waals surface area contributed by atoms with Gasteiger partial charge in [-0.3, -0.25) is 14.6 Å². The van der Waals surface area contributed by atoms with Gasteiger partial charge in [-0.25, -0.2) is 0 Å². The Morgan fingerprint density at radius 2 is 1.95 bits per heavy atom. The van der Waals surface area contributed by atoms with Crippen LogP contribution < -0.4 is 0 Å². The number of aryl methyl sites for hydroxylation is 1. The number of carbonyl (C=O) groups excluding carboxylic acids is 2. The first-order chi connectivity index (χ1) is 9.67. The zero-order chi connectivity index (χ0) is 14.8. The van der Waals surface area contributed by atoms with Gasteiger partial charge in [0.05, 0.1) is 6.61 Å². The highest BCUT2D eigenvalue weighted by Gasteiger charge is 2.16. The second kappa shape index (κ2) is 9.07. The number of ether oxygens (including phenoxy) is 1. The van der Waals surface area contributed by atoms with E-state index in [1.165, 1.54) is 0 Å². The van der Waals surface area contributed by atoms with Gasteiger partial charge in [-0.05, 0) is 37.5 Å². The summed E-state index contributed by atoms with van der Waals surface area (Å²) in [6, 6.07) is 3.78. The van der Waals surface area contributed by atoms with Gasteiger partial charge in [0, 0.05) is 25.4 Å². The van der Waals surface area contributed by atoms with E-state index in [1.54, 1.807) is 24.2 Å². The van der Waals surface area contributed by atoms with Crippen molar-refractivity contribution in [3.8, 4) is 0 Å². The Labute approximate surface area is 119 Å². The Hall–Kier alpha value is -1.91. The molecule has 0 saturated carbocycles. The third kappa shape index (κ3) is 5.82. The standard InChI is InChI=1S/C15H22N2O3/c1-3-11-17(12-15(19)20-4-2)14(18)6-5-13-7-9-16-10-8-13/h7-10H,3-6,11-12H2,1-2H3. The summed E-state index contributed by atoms with van der Waals surface area (Å²) < 4.78 is 4.89. The van der Waals surface area contributed by atoms with E-state index in [-0.39, 0.29) is 18.4 Å². The Balaban J connectivity index is 2.49. The van der Waals surface area contributed by atoms with E-state index in [0.29, 0.717) is 26.0 Å². The second-order valence-corrected chi connectivity index (χ2v) is 4.48. The van der Waals surface area contributed by atoms with Gasteiger partial charge in [0.25, 0.3) is 0 Å². The zero-order valence-corrected chi connectivity index (χ0v) is 12.2. The Bertz CT molecular complexity index is 420. The number of hydrogen-bond acceptors (Lipinski definition) is 4. The molecule has 0 aliphatic carbocycles. The average molecular weight is 278 g/mol.